The molecule has 0 aromatic carbocycles. The van der Waals surface area contributed by atoms with Gasteiger partial charge in [-0.3, -0.25) is 0 Å². The molecule has 0 aromatic rings. The van der Waals surface area contributed by atoms with Gasteiger partial charge in [-0.2, -0.15) is 0 Å². The molecule has 22 heavy (non-hydrogen) atoms. The molecule has 3 saturated heterocycles. The SMILES string of the molecule is CC1(C)C[C@@](CNC[C@H]2CCCO2)(CN2CCCC2)CCO1. The molecule has 3 rings (SSSR count). The summed E-state index contributed by atoms with van der Waals surface area (Å²) in [6.07, 6.45) is 7.99. The van der Waals surface area contributed by atoms with Crippen LogP contribution in [-0.2, 0) is 9.47 Å². The van der Waals surface area contributed by atoms with Gasteiger partial charge in [-0.1, -0.05) is 0 Å². The minimum absolute atomic E-state index is 0.0174. The molecule has 3 fully saturated rings. The lowest BCUT2D eigenvalue weighted by Crippen LogP contribution is -2.52. The highest BCUT2D eigenvalue weighted by Crippen LogP contribution is 2.39. The normalized spacial score (nSPS) is 36.0. The van der Waals surface area contributed by atoms with E-state index in [0.29, 0.717) is 11.5 Å². The van der Waals surface area contributed by atoms with Crippen molar-refractivity contribution in [1.82, 2.24) is 10.2 Å². The first kappa shape index (κ1) is 16.7. The van der Waals surface area contributed by atoms with Gasteiger partial charge in [-0.25, -0.2) is 0 Å². The molecule has 0 aromatic heterocycles. The van der Waals surface area contributed by atoms with Crippen molar-refractivity contribution in [1.29, 1.82) is 0 Å². The Labute approximate surface area is 135 Å². The van der Waals surface area contributed by atoms with Gasteiger partial charge in [0, 0.05) is 38.3 Å². The van der Waals surface area contributed by atoms with E-state index < -0.39 is 0 Å². The van der Waals surface area contributed by atoms with Crippen LogP contribution in [0.5, 0.6) is 0 Å². The van der Waals surface area contributed by atoms with E-state index >= 15 is 0 Å². The van der Waals surface area contributed by atoms with Crippen molar-refractivity contribution in [2.24, 2.45) is 5.41 Å². The maximum atomic E-state index is 5.99. The van der Waals surface area contributed by atoms with E-state index in [-0.39, 0.29) is 5.60 Å². The van der Waals surface area contributed by atoms with Crippen LogP contribution in [0.3, 0.4) is 0 Å². The van der Waals surface area contributed by atoms with Crippen LogP contribution < -0.4 is 5.32 Å². The minimum Gasteiger partial charge on any atom is -0.377 e. The molecule has 128 valence electrons. The third-order valence-corrected chi connectivity index (χ3v) is 5.58. The molecule has 0 bridgehead atoms. The molecule has 3 heterocycles. The molecule has 3 aliphatic heterocycles. The zero-order valence-corrected chi connectivity index (χ0v) is 14.5. The van der Waals surface area contributed by atoms with Crippen LogP contribution in [0.4, 0.5) is 0 Å². The first-order valence-electron chi connectivity index (χ1n) is 9.26. The molecular weight excluding hydrogens is 276 g/mol. The van der Waals surface area contributed by atoms with Crippen molar-refractivity contribution in [3.05, 3.63) is 0 Å². The number of hydrogen-bond acceptors (Lipinski definition) is 4. The minimum atomic E-state index is 0.0174. The first-order chi connectivity index (χ1) is 10.6. The zero-order chi connectivity index (χ0) is 15.5. The van der Waals surface area contributed by atoms with Gasteiger partial charge in [0.15, 0.2) is 0 Å². The Morgan fingerprint density at radius 2 is 1.95 bits per heavy atom. The Hall–Kier alpha value is -0.160. The van der Waals surface area contributed by atoms with E-state index in [9.17, 15) is 0 Å². The molecule has 0 spiro atoms. The van der Waals surface area contributed by atoms with E-state index in [1.807, 2.05) is 0 Å². The largest absolute Gasteiger partial charge is 0.377 e. The Morgan fingerprint density at radius 1 is 1.14 bits per heavy atom. The van der Waals surface area contributed by atoms with Crippen LogP contribution in [0.25, 0.3) is 0 Å². The summed E-state index contributed by atoms with van der Waals surface area (Å²) >= 11 is 0. The van der Waals surface area contributed by atoms with Crippen molar-refractivity contribution in [3.8, 4) is 0 Å². The van der Waals surface area contributed by atoms with Crippen molar-refractivity contribution < 1.29 is 9.47 Å². The number of hydrogen-bond donors (Lipinski definition) is 1. The summed E-state index contributed by atoms with van der Waals surface area (Å²) in [7, 11) is 0. The second kappa shape index (κ2) is 7.16. The molecule has 0 unspecified atom stereocenters. The molecule has 4 heteroatoms. The van der Waals surface area contributed by atoms with E-state index in [1.54, 1.807) is 0 Å². The van der Waals surface area contributed by atoms with Crippen molar-refractivity contribution in [2.75, 3.05) is 45.9 Å². The molecular formula is C18H34N2O2. The highest BCUT2D eigenvalue weighted by Gasteiger charge is 2.42. The summed E-state index contributed by atoms with van der Waals surface area (Å²) in [5.74, 6) is 0. The van der Waals surface area contributed by atoms with E-state index in [1.165, 1.54) is 51.7 Å². The smallest absolute Gasteiger partial charge is 0.0700 e. The van der Waals surface area contributed by atoms with Crippen LogP contribution in [-0.4, -0.2) is 62.5 Å². The predicted molar refractivity (Wildman–Crippen MR) is 89.2 cm³/mol. The summed E-state index contributed by atoms with van der Waals surface area (Å²) in [5.41, 5.74) is 0.383. The first-order valence-corrected chi connectivity index (χ1v) is 9.26. The second-order valence-corrected chi connectivity index (χ2v) is 8.28. The fourth-order valence-corrected chi connectivity index (χ4v) is 4.65. The van der Waals surface area contributed by atoms with Gasteiger partial charge in [-0.05, 0) is 65.5 Å². The van der Waals surface area contributed by atoms with Gasteiger partial charge in [0.2, 0.25) is 0 Å². The molecule has 4 nitrogen and oxygen atoms in total. The highest BCUT2D eigenvalue weighted by molar-refractivity contribution is 4.94. The summed E-state index contributed by atoms with van der Waals surface area (Å²) in [6, 6.07) is 0. The van der Waals surface area contributed by atoms with Gasteiger partial charge in [0.25, 0.3) is 0 Å². The average Bonchev–Trinajstić information content (AvgIpc) is 3.11. The van der Waals surface area contributed by atoms with E-state index in [4.69, 9.17) is 9.47 Å². The molecule has 0 amide bonds. The monoisotopic (exact) mass is 310 g/mol. The van der Waals surface area contributed by atoms with Gasteiger partial charge >= 0.3 is 0 Å². The summed E-state index contributed by atoms with van der Waals surface area (Å²) in [5, 5.41) is 3.74. The molecule has 1 N–H and O–H groups in total. The third-order valence-electron chi connectivity index (χ3n) is 5.58. The third kappa shape index (κ3) is 4.44. The Kier molecular flexibility index (Phi) is 5.43. The second-order valence-electron chi connectivity index (χ2n) is 8.28. The number of nitrogens with one attached hydrogen (secondary N) is 1. The quantitative estimate of drug-likeness (QED) is 0.817. The number of ether oxygens (including phenoxy) is 2. The van der Waals surface area contributed by atoms with Crippen molar-refractivity contribution in [2.45, 2.75) is 64.1 Å². The fourth-order valence-electron chi connectivity index (χ4n) is 4.65. The number of likely N-dealkylation sites (tertiary alicyclic amines) is 1. The molecule has 0 radical (unpaired) electrons. The molecule has 2 atom stereocenters. The zero-order valence-electron chi connectivity index (χ0n) is 14.5. The van der Waals surface area contributed by atoms with E-state index in [0.717, 1.165) is 32.7 Å². The fraction of sp³-hybridized carbons (Fsp3) is 1.00. The molecule has 0 aliphatic carbocycles. The van der Waals surface area contributed by atoms with Gasteiger partial charge in [0.1, 0.15) is 0 Å². The van der Waals surface area contributed by atoms with Crippen LogP contribution in [0.15, 0.2) is 0 Å². The predicted octanol–water partition coefficient (Wildman–Crippen LogP) is 2.43. The van der Waals surface area contributed by atoms with Crippen LogP contribution in [0, 0.1) is 5.41 Å². The Morgan fingerprint density at radius 3 is 2.64 bits per heavy atom. The number of nitrogens with zero attached hydrogens (tertiary/aromatic N) is 1. The van der Waals surface area contributed by atoms with Crippen molar-refractivity contribution >= 4 is 0 Å². The average molecular weight is 310 g/mol. The Bertz CT molecular complexity index is 349. The van der Waals surface area contributed by atoms with E-state index in [2.05, 4.69) is 24.1 Å². The highest BCUT2D eigenvalue weighted by atomic mass is 16.5. The lowest BCUT2D eigenvalue weighted by atomic mass is 9.73. The maximum absolute atomic E-state index is 5.99. The van der Waals surface area contributed by atoms with Gasteiger partial charge in [0.05, 0.1) is 11.7 Å². The van der Waals surface area contributed by atoms with Crippen LogP contribution in [0.1, 0.15) is 52.4 Å². The van der Waals surface area contributed by atoms with Crippen molar-refractivity contribution in [3.63, 3.8) is 0 Å². The maximum Gasteiger partial charge on any atom is 0.0700 e. The lowest BCUT2D eigenvalue weighted by molar-refractivity contribution is -0.110. The lowest BCUT2D eigenvalue weighted by Gasteiger charge is -2.47. The topological polar surface area (TPSA) is 33.7 Å². The standard InChI is InChI=1S/C18H34N2O2/c1-17(2)13-18(7-11-22-17,15-20-8-3-4-9-20)14-19-12-16-6-5-10-21-16/h16,19H,3-15H2,1-2H3/t16-,18+/m1/s1. The molecule has 0 saturated carbocycles. The van der Waals surface area contributed by atoms with Gasteiger partial charge in [-0.15, -0.1) is 0 Å². The molecule has 3 aliphatic rings. The number of rotatable bonds is 6. The van der Waals surface area contributed by atoms with Crippen LogP contribution in [0.2, 0.25) is 0 Å². The summed E-state index contributed by atoms with van der Waals surface area (Å²) in [4.78, 5) is 2.68. The van der Waals surface area contributed by atoms with Gasteiger partial charge < -0.3 is 19.7 Å². The summed E-state index contributed by atoms with van der Waals surface area (Å²) < 4.78 is 11.7. The summed E-state index contributed by atoms with van der Waals surface area (Å²) in [6.45, 7) is 12.3. The van der Waals surface area contributed by atoms with Crippen LogP contribution >= 0.6 is 0 Å². The Balaban J connectivity index is 1.57.